The fourth-order valence-corrected chi connectivity index (χ4v) is 7.44. The fraction of sp³-hybridized carbons (Fsp3) is 0.633. The van der Waals surface area contributed by atoms with Crippen LogP contribution in [-0.2, 0) is 27.7 Å². The molecule has 1 spiro atoms. The Kier molecular flexibility index (Phi) is 6.01. The molecule has 1 N–H and O–H groups in total. The number of fused-ring (bicyclic) bond motifs is 4. The van der Waals surface area contributed by atoms with Crippen LogP contribution in [0.2, 0.25) is 0 Å². The Balaban J connectivity index is 1.59. The number of hydrogen-bond acceptors (Lipinski definition) is 4. The Morgan fingerprint density at radius 1 is 1.03 bits per heavy atom. The first-order valence-corrected chi connectivity index (χ1v) is 13.7. The first-order valence-electron chi connectivity index (χ1n) is 13.7. The summed E-state index contributed by atoms with van der Waals surface area (Å²) in [6.07, 6.45) is 0.504. The van der Waals surface area contributed by atoms with Gasteiger partial charge < -0.3 is 14.6 Å². The van der Waals surface area contributed by atoms with Crippen LogP contribution < -0.4 is 0 Å². The average molecular weight is 516 g/mol. The van der Waals surface area contributed by atoms with Gasteiger partial charge in [0, 0.05) is 36.0 Å². The summed E-state index contributed by atoms with van der Waals surface area (Å²) in [5.41, 5.74) is 4.42. The Morgan fingerprint density at radius 3 is 2.35 bits per heavy atom. The maximum absolute atomic E-state index is 13.3. The minimum absolute atomic E-state index is 0.0681. The van der Waals surface area contributed by atoms with Gasteiger partial charge in [-0.2, -0.15) is 13.2 Å². The second-order valence-corrected chi connectivity index (χ2v) is 12.4. The van der Waals surface area contributed by atoms with Gasteiger partial charge in [-0.1, -0.05) is 32.9 Å². The number of aliphatic hydroxyl groups excluding tert-OH is 1. The van der Waals surface area contributed by atoms with Gasteiger partial charge in [0.25, 0.3) is 0 Å². The maximum atomic E-state index is 13.3. The third-order valence-corrected chi connectivity index (χ3v) is 9.25. The topological polar surface area (TPSA) is 51.6 Å². The molecule has 3 unspecified atom stereocenters. The van der Waals surface area contributed by atoms with Crippen LogP contribution in [0.3, 0.4) is 0 Å². The van der Waals surface area contributed by atoms with E-state index >= 15 is 0 Å². The smallest absolute Gasteiger partial charge is 0.388 e. The van der Waals surface area contributed by atoms with Crippen LogP contribution in [0.1, 0.15) is 117 Å². The lowest BCUT2D eigenvalue weighted by atomic mass is 9.69. The summed E-state index contributed by atoms with van der Waals surface area (Å²) < 4.78 is 52.7. The van der Waals surface area contributed by atoms with Gasteiger partial charge >= 0.3 is 6.18 Å². The molecular weight excluding hydrogens is 479 g/mol. The van der Waals surface area contributed by atoms with E-state index in [1.54, 1.807) is 12.1 Å². The molecule has 0 radical (unpaired) electrons. The Hall–Kier alpha value is -1.96. The highest BCUT2D eigenvalue weighted by atomic mass is 19.4. The first-order chi connectivity index (χ1) is 17.5. The van der Waals surface area contributed by atoms with E-state index in [2.05, 4.69) is 20.8 Å². The predicted octanol–water partition coefficient (Wildman–Crippen LogP) is 7.14. The zero-order valence-electron chi connectivity index (χ0n) is 21.8. The standard InChI is InChI=1S/C30H36F3NO3/c1-17-5-4-12-29(17)25-23-21(15-28(2,3)16-22(23)35)34-26(18-10-13-36-14-11-18)24(25)27(37-29)19-6-8-20(9-7-19)30(31,32)33/h6-9,17-18,22,27,35H,4-5,10-16H2,1-3H3/t17?,22?,27-,29?/m0/s1. The SMILES string of the molecule is CC1CCCC12O[C@@H](c1ccc(C(F)(F)F)cc1)c1c(C3CCOCC3)nc3c(c12)C(O)CC(C)(C)C3. The van der Waals surface area contributed by atoms with E-state index in [1.807, 2.05) is 0 Å². The summed E-state index contributed by atoms with van der Waals surface area (Å²) in [7, 11) is 0. The van der Waals surface area contributed by atoms with Crippen molar-refractivity contribution in [2.24, 2.45) is 11.3 Å². The molecule has 37 heavy (non-hydrogen) atoms. The lowest BCUT2D eigenvalue weighted by Crippen LogP contribution is -2.34. The van der Waals surface area contributed by atoms with Gasteiger partial charge in [0.2, 0.25) is 0 Å². The molecule has 1 aromatic heterocycles. The third-order valence-electron chi connectivity index (χ3n) is 9.25. The van der Waals surface area contributed by atoms with Crippen LogP contribution in [0.4, 0.5) is 13.2 Å². The van der Waals surface area contributed by atoms with Crippen LogP contribution in [0.15, 0.2) is 24.3 Å². The number of pyridine rings is 1. The third kappa shape index (κ3) is 4.12. The number of hydrogen-bond donors (Lipinski definition) is 1. The van der Waals surface area contributed by atoms with Gasteiger partial charge in [0.05, 0.1) is 23.0 Å². The van der Waals surface area contributed by atoms with Crippen LogP contribution in [0.5, 0.6) is 0 Å². The Bertz CT molecular complexity index is 1190. The van der Waals surface area contributed by atoms with E-state index in [-0.39, 0.29) is 17.3 Å². The van der Waals surface area contributed by atoms with Crippen molar-refractivity contribution >= 4 is 0 Å². The molecule has 4 atom stereocenters. The molecule has 1 saturated heterocycles. The lowest BCUT2D eigenvalue weighted by Gasteiger charge is -2.39. The molecule has 7 heteroatoms. The zero-order chi connectivity index (χ0) is 26.2. The molecule has 1 saturated carbocycles. The molecule has 6 rings (SSSR count). The summed E-state index contributed by atoms with van der Waals surface area (Å²) >= 11 is 0. The van der Waals surface area contributed by atoms with Gasteiger partial charge in [-0.15, -0.1) is 0 Å². The normalized spacial score (nSPS) is 31.5. The largest absolute Gasteiger partial charge is 0.416 e. The second kappa shape index (κ2) is 8.78. The van der Waals surface area contributed by atoms with Gasteiger partial charge in [-0.3, -0.25) is 4.98 Å². The Morgan fingerprint density at radius 2 is 1.73 bits per heavy atom. The van der Waals surface area contributed by atoms with Gasteiger partial charge in [0.15, 0.2) is 0 Å². The fourth-order valence-electron chi connectivity index (χ4n) is 7.44. The molecular formula is C30H36F3NO3. The zero-order valence-corrected chi connectivity index (χ0v) is 21.8. The number of rotatable bonds is 2. The molecule has 200 valence electrons. The average Bonchev–Trinajstić information content (AvgIpc) is 3.38. The van der Waals surface area contributed by atoms with E-state index < -0.39 is 29.5 Å². The highest BCUT2D eigenvalue weighted by molar-refractivity contribution is 5.55. The molecule has 4 nitrogen and oxygen atoms in total. The maximum Gasteiger partial charge on any atom is 0.416 e. The van der Waals surface area contributed by atoms with Crippen molar-refractivity contribution in [1.29, 1.82) is 0 Å². The minimum atomic E-state index is -4.39. The molecule has 4 aliphatic rings. The van der Waals surface area contributed by atoms with Crippen molar-refractivity contribution < 1.29 is 27.8 Å². The number of alkyl halides is 3. The quantitative estimate of drug-likeness (QED) is 0.462. The summed E-state index contributed by atoms with van der Waals surface area (Å²) in [5, 5.41) is 11.5. The lowest BCUT2D eigenvalue weighted by molar-refractivity contribution is -0.137. The number of halogens is 3. The van der Waals surface area contributed by atoms with Crippen molar-refractivity contribution in [3.8, 4) is 0 Å². The first kappa shape index (κ1) is 25.3. The summed E-state index contributed by atoms with van der Waals surface area (Å²) in [4.78, 5) is 5.29. The van der Waals surface area contributed by atoms with Crippen LogP contribution in [0.25, 0.3) is 0 Å². The van der Waals surface area contributed by atoms with Gasteiger partial charge in [0.1, 0.15) is 6.10 Å². The van der Waals surface area contributed by atoms with Crippen molar-refractivity contribution in [1.82, 2.24) is 4.98 Å². The van der Waals surface area contributed by atoms with E-state index in [1.165, 1.54) is 0 Å². The highest BCUT2D eigenvalue weighted by Crippen LogP contribution is 2.61. The molecule has 2 aliphatic carbocycles. The number of ether oxygens (including phenoxy) is 2. The minimum Gasteiger partial charge on any atom is -0.388 e. The Labute approximate surface area is 216 Å². The van der Waals surface area contributed by atoms with Crippen LogP contribution in [0, 0.1) is 11.3 Å². The molecule has 3 heterocycles. The van der Waals surface area contributed by atoms with Gasteiger partial charge in [-0.05, 0) is 79.5 Å². The summed E-state index contributed by atoms with van der Waals surface area (Å²) in [6, 6.07) is 5.42. The second-order valence-electron chi connectivity index (χ2n) is 12.4. The van der Waals surface area contributed by atoms with Crippen molar-refractivity contribution in [3.05, 3.63) is 63.5 Å². The van der Waals surface area contributed by atoms with Crippen molar-refractivity contribution in [3.63, 3.8) is 0 Å². The summed E-state index contributed by atoms with van der Waals surface area (Å²) in [6.45, 7) is 7.90. The van der Waals surface area contributed by atoms with E-state index in [0.29, 0.717) is 25.2 Å². The highest BCUT2D eigenvalue weighted by Gasteiger charge is 2.56. The van der Waals surface area contributed by atoms with Crippen molar-refractivity contribution in [2.45, 2.75) is 95.6 Å². The van der Waals surface area contributed by atoms with E-state index in [0.717, 1.165) is 78.7 Å². The predicted molar refractivity (Wildman–Crippen MR) is 133 cm³/mol. The number of aromatic nitrogens is 1. The molecule has 2 aromatic rings. The molecule has 1 aromatic carbocycles. The van der Waals surface area contributed by atoms with Gasteiger partial charge in [-0.25, -0.2) is 0 Å². The van der Waals surface area contributed by atoms with Crippen molar-refractivity contribution in [2.75, 3.05) is 13.2 Å². The monoisotopic (exact) mass is 515 g/mol. The van der Waals surface area contributed by atoms with Crippen LogP contribution in [-0.4, -0.2) is 23.3 Å². The molecule has 2 aliphatic heterocycles. The number of aliphatic hydroxyl groups is 1. The number of benzene rings is 1. The van der Waals surface area contributed by atoms with E-state index in [9.17, 15) is 18.3 Å². The van der Waals surface area contributed by atoms with Crippen LogP contribution >= 0.6 is 0 Å². The van der Waals surface area contributed by atoms with E-state index in [4.69, 9.17) is 14.5 Å². The molecule has 0 bridgehead atoms. The molecule has 0 amide bonds. The number of nitrogens with zero attached hydrogens (tertiary/aromatic N) is 1. The molecule has 2 fully saturated rings. The summed E-state index contributed by atoms with van der Waals surface area (Å²) in [5.74, 6) is 0.435.